The lowest BCUT2D eigenvalue weighted by atomic mass is 10.3. The summed E-state index contributed by atoms with van der Waals surface area (Å²) in [5.74, 6) is 0.833. The second-order valence-electron chi connectivity index (χ2n) is 4.13. The number of benzene rings is 1. The first-order valence-corrected chi connectivity index (χ1v) is 6.73. The minimum atomic E-state index is -0.677. The molecule has 4 nitrogen and oxygen atoms in total. The Kier molecular flexibility index (Phi) is 4.93. The van der Waals surface area contributed by atoms with Gasteiger partial charge in [0.05, 0.1) is 17.8 Å². The number of nitrogens with one attached hydrogen (secondary N) is 1. The third-order valence-corrected chi connectivity index (χ3v) is 3.11. The van der Waals surface area contributed by atoms with Crippen LogP contribution < -0.4 is 10.1 Å². The lowest BCUT2D eigenvalue weighted by Crippen LogP contribution is -2.35. The van der Waals surface area contributed by atoms with E-state index >= 15 is 0 Å². The van der Waals surface area contributed by atoms with Crippen LogP contribution in [0.5, 0.6) is 5.75 Å². The molecule has 0 saturated carbocycles. The summed E-state index contributed by atoms with van der Waals surface area (Å²) >= 11 is 11.8. The molecule has 1 aromatic heterocycles. The molecule has 1 N–H and O–H groups in total. The fourth-order valence-electron chi connectivity index (χ4n) is 1.55. The van der Waals surface area contributed by atoms with Gasteiger partial charge in [0.1, 0.15) is 11.5 Å². The topological polar surface area (TPSA) is 51.5 Å². The molecule has 0 aliphatic rings. The number of carbonyl (C=O) groups is 1. The molecule has 0 spiro atoms. The molecule has 1 amide bonds. The van der Waals surface area contributed by atoms with Crippen LogP contribution >= 0.6 is 23.2 Å². The molecule has 106 valence electrons. The summed E-state index contributed by atoms with van der Waals surface area (Å²) in [6.45, 7) is 1.95. The van der Waals surface area contributed by atoms with Gasteiger partial charge in [-0.1, -0.05) is 23.2 Å². The van der Waals surface area contributed by atoms with E-state index < -0.39 is 6.10 Å². The van der Waals surface area contributed by atoms with Gasteiger partial charge >= 0.3 is 0 Å². The van der Waals surface area contributed by atoms with Crippen molar-refractivity contribution in [2.24, 2.45) is 0 Å². The summed E-state index contributed by atoms with van der Waals surface area (Å²) < 4.78 is 10.6. The van der Waals surface area contributed by atoms with Gasteiger partial charge in [0, 0.05) is 5.02 Å². The maximum Gasteiger partial charge on any atom is 0.261 e. The van der Waals surface area contributed by atoms with Crippen LogP contribution in [0.1, 0.15) is 12.7 Å². The molecule has 0 saturated heterocycles. The number of furan rings is 1. The zero-order valence-corrected chi connectivity index (χ0v) is 12.2. The number of halogens is 2. The molecule has 1 aromatic carbocycles. The van der Waals surface area contributed by atoms with Crippen LogP contribution in [0.2, 0.25) is 10.0 Å². The summed E-state index contributed by atoms with van der Waals surface area (Å²) in [7, 11) is 0. The lowest BCUT2D eigenvalue weighted by Gasteiger charge is -2.15. The van der Waals surface area contributed by atoms with Crippen molar-refractivity contribution in [2.75, 3.05) is 0 Å². The summed E-state index contributed by atoms with van der Waals surface area (Å²) in [6.07, 6.45) is 0.873. The Morgan fingerprint density at radius 3 is 2.85 bits per heavy atom. The van der Waals surface area contributed by atoms with Gasteiger partial charge in [-0.15, -0.1) is 0 Å². The average molecular weight is 314 g/mol. The van der Waals surface area contributed by atoms with Gasteiger partial charge in [-0.05, 0) is 37.3 Å². The molecule has 0 bridgehead atoms. The van der Waals surface area contributed by atoms with Crippen molar-refractivity contribution in [3.05, 3.63) is 52.4 Å². The van der Waals surface area contributed by atoms with Gasteiger partial charge in [-0.3, -0.25) is 4.79 Å². The maximum atomic E-state index is 11.9. The normalized spacial score (nSPS) is 11.9. The molecule has 2 rings (SSSR count). The van der Waals surface area contributed by atoms with Gasteiger partial charge in [-0.2, -0.15) is 0 Å². The summed E-state index contributed by atoms with van der Waals surface area (Å²) in [5.41, 5.74) is 0. The first-order chi connectivity index (χ1) is 9.56. The second kappa shape index (κ2) is 6.68. The fourth-order valence-corrected chi connectivity index (χ4v) is 2.00. The quantitative estimate of drug-likeness (QED) is 0.916. The highest BCUT2D eigenvalue weighted by atomic mass is 35.5. The minimum Gasteiger partial charge on any atom is -0.479 e. The van der Waals surface area contributed by atoms with Crippen molar-refractivity contribution < 1.29 is 13.9 Å². The Morgan fingerprint density at radius 1 is 1.40 bits per heavy atom. The monoisotopic (exact) mass is 313 g/mol. The highest BCUT2D eigenvalue weighted by Gasteiger charge is 2.16. The van der Waals surface area contributed by atoms with E-state index in [4.69, 9.17) is 32.4 Å². The van der Waals surface area contributed by atoms with Crippen LogP contribution in [-0.2, 0) is 11.3 Å². The Hall–Kier alpha value is -1.65. The van der Waals surface area contributed by atoms with Crippen molar-refractivity contribution in [2.45, 2.75) is 19.6 Å². The first-order valence-electron chi connectivity index (χ1n) is 5.98. The van der Waals surface area contributed by atoms with Crippen molar-refractivity contribution >= 4 is 29.1 Å². The third-order valence-electron chi connectivity index (χ3n) is 2.58. The predicted molar refractivity (Wildman–Crippen MR) is 77.1 cm³/mol. The van der Waals surface area contributed by atoms with Crippen LogP contribution in [-0.4, -0.2) is 12.0 Å². The average Bonchev–Trinajstić information content (AvgIpc) is 2.92. The van der Waals surface area contributed by atoms with E-state index in [0.29, 0.717) is 28.1 Å². The number of amides is 1. The zero-order valence-electron chi connectivity index (χ0n) is 10.7. The number of carbonyl (C=O) groups excluding carboxylic acids is 1. The van der Waals surface area contributed by atoms with Gasteiger partial charge in [0.2, 0.25) is 0 Å². The number of ether oxygens (including phenoxy) is 1. The van der Waals surface area contributed by atoms with Gasteiger partial charge < -0.3 is 14.5 Å². The zero-order chi connectivity index (χ0) is 14.5. The lowest BCUT2D eigenvalue weighted by molar-refractivity contribution is -0.127. The molecule has 20 heavy (non-hydrogen) atoms. The van der Waals surface area contributed by atoms with Crippen molar-refractivity contribution in [3.8, 4) is 5.75 Å². The Balaban J connectivity index is 1.90. The van der Waals surface area contributed by atoms with E-state index in [2.05, 4.69) is 5.32 Å². The summed E-state index contributed by atoms with van der Waals surface area (Å²) in [6, 6.07) is 8.37. The maximum absolute atomic E-state index is 11.9. The largest absolute Gasteiger partial charge is 0.479 e. The molecule has 1 atom stereocenters. The molecule has 2 aromatic rings. The fraction of sp³-hybridized carbons (Fsp3) is 0.214. The standard InChI is InChI=1S/C14H13Cl2NO3/c1-9(14(18)17-8-11-3-2-6-19-11)20-13-5-4-10(15)7-12(13)16/h2-7,9H,8H2,1H3,(H,17,18)/t9-/m1/s1. The van der Waals surface area contributed by atoms with Crippen molar-refractivity contribution in [3.63, 3.8) is 0 Å². The van der Waals surface area contributed by atoms with Crippen LogP contribution in [0.4, 0.5) is 0 Å². The first kappa shape index (κ1) is 14.8. The van der Waals surface area contributed by atoms with Gasteiger partial charge in [0.15, 0.2) is 6.10 Å². The van der Waals surface area contributed by atoms with Crippen LogP contribution in [0.15, 0.2) is 41.0 Å². The Morgan fingerprint density at radius 2 is 2.20 bits per heavy atom. The van der Waals surface area contributed by atoms with E-state index in [0.717, 1.165) is 0 Å². The molecule has 6 heteroatoms. The SMILES string of the molecule is C[C@@H](Oc1ccc(Cl)cc1Cl)C(=O)NCc1ccco1. The molecule has 0 unspecified atom stereocenters. The van der Waals surface area contributed by atoms with E-state index in [9.17, 15) is 4.79 Å². The number of hydrogen-bond donors (Lipinski definition) is 1. The second-order valence-corrected chi connectivity index (χ2v) is 4.98. The van der Waals surface area contributed by atoms with E-state index in [1.54, 1.807) is 43.5 Å². The minimum absolute atomic E-state index is 0.257. The molecule has 1 heterocycles. The molecule has 0 aliphatic heterocycles. The van der Waals surface area contributed by atoms with Crippen molar-refractivity contribution in [1.82, 2.24) is 5.32 Å². The molecular formula is C14H13Cl2NO3. The Bertz CT molecular complexity index is 584. The van der Waals surface area contributed by atoms with Gasteiger partial charge in [0.25, 0.3) is 5.91 Å². The predicted octanol–water partition coefficient (Wildman–Crippen LogP) is 3.67. The van der Waals surface area contributed by atoms with E-state index in [1.807, 2.05) is 0 Å². The number of rotatable bonds is 5. The van der Waals surface area contributed by atoms with Crippen LogP contribution in [0.25, 0.3) is 0 Å². The molecular weight excluding hydrogens is 301 g/mol. The number of hydrogen-bond acceptors (Lipinski definition) is 3. The molecule has 0 aliphatic carbocycles. The van der Waals surface area contributed by atoms with E-state index in [-0.39, 0.29) is 5.91 Å². The molecule has 0 radical (unpaired) electrons. The highest BCUT2D eigenvalue weighted by Crippen LogP contribution is 2.28. The van der Waals surface area contributed by atoms with Crippen LogP contribution in [0, 0.1) is 0 Å². The third kappa shape index (κ3) is 3.92. The Labute approximate surface area is 126 Å². The summed E-state index contributed by atoms with van der Waals surface area (Å²) in [5, 5.41) is 3.58. The summed E-state index contributed by atoms with van der Waals surface area (Å²) in [4.78, 5) is 11.9. The van der Waals surface area contributed by atoms with Gasteiger partial charge in [-0.25, -0.2) is 0 Å². The molecule has 0 fully saturated rings. The van der Waals surface area contributed by atoms with E-state index in [1.165, 1.54) is 0 Å². The smallest absolute Gasteiger partial charge is 0.261 e. The van der Waals surface area contributed by atoms with Crippen molar-refractivity contribution in [1.29, 1.82) is 0 Å². The van der Waals surface area contributed by atoms with Crippen LogP contribution in [0.3, 0.4) is 0 Å². The highest BCUT2D eigenvalue weighted by molar-refractivity contribution is 6.35.